The number of hydrogen-bond donors (Lipinski definition) is 1. The van der Waals surface area contributed by atoms with E-state index in [2.05, 4.69) is 15.9 Å². The van der Waals surface area contributed by atoms with Gasteiger partial charge in [-0.05, 0) is 17.7 Å². The Bertz CT molecular complexity index is 451. The van der Waals surface area contributed by atoms with Crippen LogP contribution >= 0.6 is 15.9 Å². The number of primary amides is 1. The number of benzene rings is 1. The Morgan fingerprint density at radius 2 is 2.17 bits per heavy atom. The summed E-state index contributed by atoms with van der Waals surface area (Å²) < 4.78 is 5.58. The number of carbonyl (C=O) groups excluding carboxylic acids is 2. The van der Waals surface area contributed by atoms with E-state index in [9.17, 15) is 9.59 Å². The third-order valence-corrected chi connectivity index (χ3v) is 2.98. The van der Waals surface area contributed by atoms with Crippen molar-refractivity contribution in [3.63, 3.8) is 0 Å². The van der Waals surface area contributed by atoms with Crippen LogP contribution in [-0.2, 0) is 14.3 Å². The molecular formula is C12H15BrN2O3. The standard InChI is InChI=1S/C12H15BrN2O3/c1-15(10(16)7-18-2)11(12(14)17)8-4-3-5-9(13)6-8/h3-6,11H,7H2,1-2H3,(H2,14,17)/t11-/m1/s1. The van der Waals surface area contributed by atoms with Crippen LogP contribution in [0.2, 0.25) is 0 Å². The fourth-order valence-corrected chi connectivity index (χ4v) is 2.04. The van der Waals surface area contributed by atoms with Gasteiger partial charge in [0.05, 0.1) is 0 Å². The minimum Gasteiger partial charge on any atom is -0.375 e. The van der Waals surface area contributed by atoms with Crippen LogP contribution in [0.15, 0.2) is 28.7 Å². The third kappa shape index (κ3) is 3.54. The number of rotatable bonds is 5. The average molecular weight is 315 g/mol. The van der Waals surface area contributed by atoms with Crippen LogP contribution in [0, 0.1) is 0 Å². The summed E-state index contributed by atoms with van der Waals surface area (Å²) in [7, 11) is 2.95. The van der Waals surface area contributed by atoms with Crippen molar-refractivity contribution in [3.8, 4) is 0 Å². The highest BCUT2D eigenvalue weighted by Crippen LogP contribution is 2.22. The van der Waals surface area contributed by atoms with E-state index in [-0.39, 0.29) is 12.5 Å². The molecule has 0 heterocycles. The second-order valence-electron chi connectivity index (χ2n) is 3.80. The van der Waals surface area contributed by atoms with Gasteiger partial charge in [0, 0.05) is 18.6 Å². The highest BCUT2D eigenvalue weighted by atomic mass is 79.9. The lowest BCUT2D eigenvalue weighted by molar-refractivity contribution is -0.141. The van der Waals surface area contributed by atoms with Crippen molar-refractivity contribution in [2.45, 2.75) is 6.04 Å². The number of amides is 2. The van der Waals surface area contributed by atoms with Crippen LogP contribution in [0.3, 0.4) is 0 Å². The van der Waals surface area contributed by atoms with Crippen LogP contribution in [-0.4, -0.2) is 37.5 Å². The molecule has 1 aromatic carbocycles. The van der Waals surface area contributed by atoms with Crippen molar-refractivity contribution >= 4 is 27.7 Å². The molecule has 1 atom stereocenters. The smallest absolute Gasteiger partial charge is 0.249 e. The second kappa shape index (κ2) is 6.51. The van der Waals surface area contributed by atoms with Crippen molar-refractivity contribution in [1.82, 2.24) is 4.90 Å². The molecule has 0 fully saturated rings. The van der Waals surface area contributed by atoms with E-state index in [1.165, 1.54) is 19.1 Å². The first-order valence-electron chi connectivity index (χ1n) is 5.26. The fraction of sp³-hybridized carbons (Fsp3) is 0.333. The fourth-order valence-electron chi connectivity index (χ4n) is 1.62. The molecule has 0 unspecified atom stereocenters. The Hall–Kier alpha value is -1.40. The highest BCUT2D eigenvalue weighted by Gasteiger charge is 2.26. The quantitative estimate of drug-likeness (QED) is 0.884. The average Bonchev–Trinajstić information content (AvgIpc) is 2.29. The van der Waals surface area contributed by atoms with Crippen molar-refractivity contribution in [2.75, 3.05) is 20.8 Å². The lowest BCUT2D eigenvalue weighted by Gasteiger charge is -2.26. The van der Waals surface area contributed by atoms with E-state index in [0.717, 1.165) is 4.47 Å². The molecule has 0 bridgehead atoms. The number of carbonyl (C=O) groups is 2. The number of likely N-dealkylation sites (N-methyl/N-ethyl adjacent to an activating group) is 1. The monoisotopic (exact) mass is 314 g/mol. The minimum absolute atomic E-state index is 0.0890. The van der Waals surface area contributed by atoms with E-state index in [0.29, 0.717) is 5.56 Å². The predicted molar refractivity (Wildman–Crippen MR) is 70.7 cm³/mol. The van der Waals surface area contributed by atoms with Gasteiger partial charge >= 0.3 is 0 Å². The molecule has 0 saturated carbocycles. The molecule has 1 aromatic rings. The molecule has 98 valence electrons. The predicted octanol–water partition coefficient (Wildman–Crippen LogP) is 1.08. The Labute approximate surface area is 114 Å². The van der Waals surface area contributed by atoms with Crippen molar-refractivity contribution < 1.29 is 14.3 Å². The first-order valence-corrected chi connectivity index (χ1v) is 6.06. The molecule has 2 N–H and O–H groups in total. The maximum Gasteiger partial charge on any atom is 0.249 e. The Balaban J connectivity index is 3.03. The highest BCUT2D eigenvalue weighted by molar-refractivity contribution is 9.10. The van der Waals surface area contributed by atoms with Crippen molar-refractivity contribution in [3.05, 3.63) is 34.3 Å². The minimum atomic E-state index is -0.801. The third-order valence-electron chi connectivity index (χ3n) is 2.48. The summed E-state index contributed by atoms with van der Waals surface area (Å²) in [6.45, 7) is -0.0890. The number of hydrogen-bond acceptors (Lipinski definition) is 3. The van der Waals surface area contributed by atoms with Gasteiger partial charge in [0.25, 0.3) is 0 Å². The number of halogens is 1. The first-order chi connectivity index (χ1) is 8.47. The summed E-state index contributed by atoms with van der Waals surface area (Å²) in [5.74, 6) is -0.888. The molecule has 0 aliphatic carbocycles. The Morgan fingerprint density at radius 3 is 2.67 bits per heavy atom. The van der Waals surface area contributed by atoms with Crippen LogP contribution in [0.1, 0.15) is 11.6 Å². The van der Waals surface area contributed by atoms with E-state index < -0.39 is 11.9 Å². The summed E-state index contributed by atoms with van der Waals surface area (Å²) in [6, 6.07) is 6.32. The largest absolute Gasteiger partial charge is 0.375 e. The topological polar surface area (TPSA) is 72.6 Å². The molecule has 0 aliphatic heterocycles. The maximum absolute atomic E-state index is 11.7. The van der Waals surface area contributed by atoms with Gasteiger partial charge in [-0.3, -0.25) is 9.59 Å². The van der Waals surface area contributed by atoms with Gasteiger partial charge in [0.15, 0.2) is 0 Å². The van der Waals surface area contributed by atoms with Gasteiger partial charge in [-0.15, -0.1) is 0 Å². The van der Waals surface area contributed by atoms with Gasteiger partial charge in [-0.1, -0.05) is 28.1 Å². The summed E-state index contributed by atoms with van der Waals surface area (Å²) in [5, 5.41) is 0. The molecule has 0 aliphatic rings. The molecule has 5 nitrogen and oxygen atoms in total. The number of nitrogens with zero attached hydrogens (tertiary/aromatic N) is 1. The molecule has 18 heavy (non-hydrogen) atoms. The molecule has 0 spiro atoms. The molecule has 0 aromatic heterocycles. The van der Waals surface area contributed by atoms with E-state index in [4.69, 9.17) is 10.5 Å². The SMILES string of the molecule is COCC(=O)N(C)[C@@H](C(N)=O)c1cccc(Br)c1. The summed E-state index contributed by atoms with van der Waals surface area (Å²) in [4.78, 5) is 24.5. The van der Waals surface area contributed by atoms with Gasteiger partial charge in [-0.2, -0.15) is 0 Å². The molecule has 0 saturated heterocycles. The zero-order valence-electron chi connectivity index (χ0n) is 10.2. The second-order valence-corrected chi connectivity index (χ2v) is 4.71. The van der Waals surface area contributed by atoms with Crippen LogP contribution in [0.5, 0.6) is 0 Å². The summed E-state index contributed by atoms with van der Waals surface area (Å²) in [5.41, 5.74) is 6.02. The Kier molecular flexibility index (Phi) is 5.30. The first kappa shape index (κ1) is 14.7. The molecule has 1 rings (SSSR count). The van der Waals surface area contributed by atoms with Gasteiger partial charge in [0.1, 0.15) is 12.6 Å². The maximum atomic E-state index is 11.7. The van der Waals surface area contributed by atoms with E-state index >= 15 is 0 Å². The van der Waals surface area contributed by atoms with E-state index in [1.807, 2.05) is 6.07 Å². The molecule has 2 amide bonds. The zero-order valence-corrected chi connectivity index (χ0v) is 11.8. The van der Waals surface area contributed by atoms with E-state index in [1.54, 1.807) is 18.2 Å². The summed E-state index contributed by atoms with van der Waals surface area (Å²) in [6.07, 6.45) is 0. The number of methoxy groups -OCH3 is 1. The Morgan fingerprint density at radius 1 is 1.50 bits per heavy atom. The van der Waals surface area contributed by atoms with Crippen molar-refractivity contribution in [2.24, 2.45) is 5.73 Å². The number of nitrogens with two attached hydrogens (primary N) is 1. The molecular weight excluding hydrogens is 300 g/mol. The molecule has 6 heteroatoms. The lowest BCUT2D eigenvalue weighted by Crippen LogP contribution is -2.40. The van der Waals surface area contributed by atoms with Crippen LogP contribution in [0.4, 0.5) is 0 Å². The molecule has 0 radical (unpaired) electrons. The van der Waals surface area contributed by atoms with Crippen LogP contribution < -0.4 is 5.73 Å². The zero-order chi connectivity index (χ0) is 13.7. The van der Waals surface area contributed by atoms with Crippen molar-refractivity contribution in [1.29, 1.82) is 0 Å². The lowest BCUT2D eigenvalue weighted by atomic mass is 10.1. The van der Waals surface area contributed by atoms with Crippen LogP contribution in [0.25, 0.3) is 0 Å². The van der Waals surface area contributed by atoms with Gasteiger partial charge in [-0.25, -0.2) is 0 Å². The summed E-state index contributed by atoms with van der Waals surface area (Å²) >= 11 is 3.32. The van der Waals surface area contributed by atoms with Gasteiger partial charge in [0.2, 0.25) is 11.8 Å². The van der Waals surface area contributed by atoms with Gasteiger partial charge < -0.3 is 15.4 Å². The number of ether oxygens (including phenoxy) is 1. The normalized spacial score (nSPS) is 11.9.